The molecule has 6 rings (SSSR count). The van der Waals surface area contributed by atoms with Gasteiger partial charge in [-0.2, -0.15) is 0 Å². The number of benzene rings is 2. The predicted octanol–water partition coefficient (Wildman–Crippen LogP) is 2.89. The number of rotatable bonds is 18. The number of hydrogen-bond donors (Lipinski definition) is 6. The molecule has 0 spiro atoms. The van der Waals surface area contributed by atoms with Gasteiger partial charge >= 0.3 is 6.09 Å². The minimum atomic E-state index is -1.39. The van der Waals surface area contributed by atoms with Crippen LogP contribution in [-0.2, 0) is 36.1 Å². The number of fused-ring (bicyclic) bond motifs is 1. The number of likely N-dealkylation sites (tertiary alicyclic amines) is 1. The normalized spacial score (nSPS) is 17.8. The minimum Gasteiger partial charge on any atom is -0.445 e. The Hall–Kier alpha value is -6.43. The van der Waals surface area contributed by atoms with Crippen LogP contribution in [0.4, 0.5) is 4.79 Å². The smallest absolute Gasteiger partial charge is 0.407 e. The third-order valence-electron chi connectivity index (χ3n) is 11.6. The molecule has 1 unspecified atom stereocenters. The van der Waals surface area contributed by atoms with E-state index in [1.807, 2.05) is 30.3 Å². The number of primary amides is 1. The molecule has 18 heteroatoms. The van der Waals surface area contributed by atoms with Crippen molar-refractivity contribution in [3.63, 3.8) is 0 Å². The molecule has 1 saturated carbocycles. The Bertz CT molecular complexity index is 2300. The summed E-state index contributed by atoms with van der Waals surface area (Å²) in [7, 11) is 0. The highest BCUT2D eigenvalue weighted by molar-refractivity contribution is 6.37. The van der Waals surface area contributed by atoms with Gasteiger partial charge in [-0.25, -0.2) is 9.48 Å². The second-order valence-corrected chi connectivity index (χ2v) is 16.7. The summed E-state index contributed by atoms with van der Waals surface area (Å²) in [5.41, 5.74) is 4.69. The van der Waals surface area contributed by atoms with Crippen molar-refractivity contribution in [1.82, 2.24) is 40.8 Å². The van der Waals surface area contributed by atoms with Gasteiger partial charge in [0.2, 0.25) is 17.6 Å². The van der Waals surface area contributed by atoms with Crippen molar-refractivity contribution in [2.75, 3.05) is 13.1 Å². The van der Waals surface area contributed by atoms with E-state index in [2.05, 4.69) is 31.2 Å². The van der Waals surface area contributed by atoms with Crippen molar-refractivity contribution in [2.45, 2.75) is 114 Å². The van der Waals surface area contributed by atoms with E-state index in [1.54, 1.807) is 44.2 Å². The molecule has 7 N–H and O–H groups in total. The molecule has 2 aromatic heterocycles. The molecule has 1 aliphatic carbocycles. The molecule has 1 aliphatic heterocycles. The van der Waals surface area contributed by atoms with Crippen LogP contribution in [0.5, 0.6) is 0 Å². The van der Waals surface area contributed by atoms with Crippen molar-refractivity contribution in [2.24, 2.45) is 11.7 Å². The van der Waals surface area contributed by atoms with Gasteiger partial charge in [-0.3, -0.25) is 28.8 Å². The van der Waals surface area contributed by atoms with Crippen molar-refractivity contribution in [3.8, 4) is 0 Å². The molecule has 3 heterocycles. The molecule has 0 radical (unpaired) electrons. The van der Waals surface area contributed by atoms with Gasteiger partial charge in [0.15, 0.2) is 0 Å². The van der Waals surface area contributed by atoms with Crippen LogP contribution in [0, 0.1) is 5.92 Å². The number of hydrogen-bond acceptors (Lipinski definition) is 11. The Morgan fingerprint density at radius 3 is 2.42 bits per heavy atom. The van der Waals surface area contributed by atoms with E-state index in [-0.39, 0.29) is 50.6 Å². The number of nitrogens with zero attached hydrogens (tertiary/aromatic N) is 4. The molecule has 62 heavy (non-hydrogen) atoms. The van der Waals surface area contributed by atoms with E-state index in [4.69, 9.17) is 10.5 Å². The molecular weight excluding hydrogens is 799 g/mol. The summed E-state index contributed by atoms with van der Waals surface area (Å²) in [6, 6.07) is 13.2. The lowest BCUT2D eigenvalue weighted by Crippen LogP contribution is -2.56. The van der Waals surface area contributed by atoms with E-state index in [0.717, 1.165) is 37.7 Å². The van der Waals surface area contributed by atoms with Crippen LogP contribution < -0.4 is 27.2 Å². The van der Waals surface area contributed by atoms with Gasteiger partial charge in [0, 0.05) is 24.9 Å². The Balaban J connectivity index is 1.21. The number of nitrogens with one attached hydrogen (secondary N) is 4. The van der Waals surface area contributed by atoms with Gasteiger partial charge in [-0.15, -0.1) is 5.10 Å². The summed E-state index contributed by atoms with van der Waals surface area (Å²) in [6.45, 7) is 3.31. The van der Waals surface area contributed by atoms with E-state index in [1.165, 1.54) is 15.8 Å². The number of pyridine rings is 1. The number of aromatic nitrogens is 4. The average Bonchev–Trinajstić information content (AvgIpc) is 3.94. The number of nitrogens with two attached hydrogens (primary N) is 1. The molecule has 4 aromatic rings. The fourth-order valence-electron chi connectivity index (χ4n) is 8.33. The SMILES string of the molecule is CC(C)(O)c1cnnn1[C@H]1C[C@@H](C(=O)NC(CCCCNC(=O)OCc2ccccc2)C(=O)C(N)=O)N(C(=O)[C@@H](CC2CCCCC2)NC(=O)c2cc3ccccc3c(=O)[nH]2)C1. The van der Waals surface area contributed by atoms with Gasteiger partial charge in [0.05, 0.1) is 24.0 Å². The number of aliphatic hydroxyl groups is 1. The number of H-pyrrole nitrogens is 1. The van der Waals surface area contributed by atoms with Crippen molar-refractivity contribution >= 4 is 46.3 Å². The molecule has 2 fully saturated rings. The predicted molar refractivity (Wildman–Crippen MR) is 226 cm³/mol. The number of Topliss-reactive ketones (excluding diaryl/α,β-unsaturated/α-hetero) is 1. The highest BCUT2D eigenvalue weighted by Crippen LogP contribution is 2.33. The molecule has 2 aliphatic rings. The zero-order chi connectivity index (χ0) is 44.4. The molecular formula is C44H55N9O9. The summed E-state index contributed by atoms with van der Waals surface area (Å²) in [5.74, 6) is -4.18. The van der Waals surface area contributed by atoms with Gasteiger partial charge in [0.25, 0.3) is 17.4 Å². The van der Waals surface area contributed by atoms with E-state index in [9.17, 15) is 38.7 Å². The summed E-state index contributed by atoms with van der Waals surface area (Å²) in [5, 5.41) is 28.3. The Labute approximate surface area is 358 Å². The molecule has 0 bridgehead atoms. The highest BCUT2D eigenvalue weighted by atomic mass is 16.5. The van der Waals surface area contributed by atoms with Crippen molar-refractivity contribution < 1.29 is 38.6 Å². The highest BCUT2D eigenvalue weighted by Gasteiger charge is 2.45. The third kappa shape index (κ3) is 11.5. The van der Waals surface area contributed by atoms with Gasteiger partial charge in [-0.05, 0) is 68.5 Å². The maximum Gasteiger partial charge on any atom is 0.407 e. The second kappa shape index (κ2) is 20.4. The third-order valence-corrected chi connectivity index (χ3v) is 11.6. The Morgan fingerprint density at radius 1 is 0.968 bits per heavy atom. The number of aromatic amines is 1. The Kier molecular flexibility index (Phi) is 14.9. The van der Waals surface area contributed by atoms with E-state index < -0.39 is 70.8 Å². The summed E-state index contributed by atoms with van der Waals surface area (Å²) >= 11 is 0. The molecule has 330 valence electrons. The first kappa shape index (κ1) is 45.1. The number of carbonyl (C=O) groups excluding carboxylic acids is 6. The fourth-order valence-corrected chi connectivity index (χ4v) is 8.33. The maximum absolute atomic E-state index is 14.9. The number of amides is 5. The summed E-state index contributed by atoms with van der Waals surface area (Å²) < 4.78 is 6.70. The maximum atomic E-state index is 14.9. The monoisotopic (exact) mass is 853 g/mol. The molecule has 1 saturated heterocycles. The van der Waals surface area contributed by atoms with Crippen LogP contribution in [0.15, 0.2) is 71.7 Å². The number of carbonyl (C=O) groups is 6. The lowest BCUT2D eigenvalue weighted by Gasteiger charge is -2.32. The Morgan fingerprint density at radius 2 is 1.69 bits per heavy atom. The molecule has 4 atom stereocenters. The molecule has 18 nitrogen and oxygen atoms in total. The summed E-state index contributed by atoms with van der Waals surface area (Å²) in [4.78, 5) is 97.6. The standard InChI is InChI=1S/C44H55N9O9/c1-44(2,61)36-24-47-51-53(36)30-23-35(41(58)48-32(37(54)38(45)55)19-11-12-20-46-43(60)62-26-28-15-7-4-8-16-28)52(25-30)42(59)34(21-27-13-5-3-6-14-27)50-40(57)33-22-29-17-9-10-18-31(29)39(56)49-33/h4,7-10,15-18,22,24,27,30,32,34-35,61H,3,5-6,11-14,19-21,23,25-26H2,1-2H3,(H2,45,55)(H,46,60)(H,48,58)(H,49,56)(H,50,57)/t30-,32?,34+,35-/m0/s1. The fraction of sp³-hybridized carbons (Fsp3) is 0.477. The first-order valence-corrected chi connectivity index (χ1v) is 21.1. The zero-order valence-electron chi connectivity index (χ0n) is 35.0. The van der Waals surface area contributed by atoms with Crippen LogP contribution in [0.1, 0.15) is 106 Å². The number of ketones is 1. The van der Waals surface area contributed by atoms with Crippen LogP contribution in [0.2, 0.25) is 0 Å². The van der Waals surface area contributed by atoms with E-state index in [0.29, 0.717) is 29.3 Å². The lowest BCUT2D eigenvalue weighted by molar-refractivity contribution is -0.142. The van der Waals surface area contributed by atoms with Crippen LogP contribution in [0.3, 0.4) is 0 Å². The largest absolute Gasteiger partial charge is 0.445 e. The van der Waals surface area contributed by atoms with Crippen LogP contribution in [0.25, 0.3) is 10.8 Å². The van der Waals surface area contributed by atoms with Crippen molar-refractivity contribution in [1.29, 1.82) is 0 Å². The first-order chi connectivity index (χ1) is 29.7. The van der Waals surface area contributed by atoms with Gasteiger partial charge in [0.1, 0.15) is 30.0 Å². The first-order valence-electron chi connectivity index (χ1n) is 21.1. The van der Waals surface area contributed by atoms with Gasteiger partial charge < -0.3 is 41.4 Å². The van der Waals surface area contributed by atoms with Crippen LogP contribution >= 0.6 is 0 Å². The van der Waals surface area contributed by atoms with Crippen LogP contribution in [-0.4, -0.2) is 96.7 Å². The average molecular weight is 854 g/mol. The number of unbranched alkanes of at least 4 members (excludes halogenated alkanes) is 1. The van der Waals surface area contributed by atoms with E-state index >= 15 is 0 Å². The minimum absolute atomic E-state index is 0.00536. The zero-order valence-corrected chi connectivity index (χ0v) is 35.0. The molecule has 2 aromatic carbocycles. The van der Waals surface area contributed by atoms with Gasteiger partial charge in [-0.1, -0.05) is 85.8 Å². The topological polar surface area (TPSA) is 261 Å². The number of ether oxygens (including phenoxy) is 1. The lowest BCUT2D eigenvalue weighted by atomic mass is 9.84. The molecule has 5 amide bonds. The summed E-state index contributed by atoms with van der Waals surface area (Å²) in [6.07, 6.45) is 6.34. The quantitative estimate of drug-likeness (QED) is 0.0626. The number of alkyl carbamates (subject to hydrolysis) is 1. The second-order valence-electron chi connectivity index (χ2n) is 16.7. The van der Waals surface area contributed by atoms with Crippen molar-refractivity contribution in [3.05, 3.63) is 94.2 Å².